The number of carbonyl (C=O) groups is 1. The molecule has 1 heterocycles. The molecule has 0 N–H and O–H groups in total. The van der Waals surface area contributed by atoms with Crippen molar-refractivity contribution in [3.8, 4) is 0 Å². The molecule has 1 saturated heterocycles. The van der Waals surface area contributed by atoms with Crippen molar-refractivity contribution in [1.29, 1.82) is 0 Å². The van der Waals surface area contributed by atoms with Gasteiger partial charge in [-0.25, -0.2) is 0 Å². The summed E-state index contributed by atoms with van der Waals surface area (Å²) in [4.78, 5) is 15.1. The highest BCUT2D eigenvalue weighted by molar-refractivity contribution is 5.77. The third-order valence-electron chi connectivity index (χ3n) is 5.47. The van der Waals surface area contributed by atoms with Crippen LogP contribution in [-0.2, 0) is 9.53 Å². The number of rotatable bonds is 5. The van der Waals surface area contributed by atoms with Crippen LogP contribution in [0.25, 0.3) is 6.08 Å². The Morgan fingerprint density at radius 2 is 1.38 bits per heavy atom. The number of hydrogen-bond donors (Lipinski definition) is 0. The number of morpholine rings is 1. The molecule has 3 aromatic carbocycles. The molecule has 1 fully saturated rings. The van der Waals surface area contributed by atoms with Gasteiger partial charge in [0.05, 0.1) is 6.04 Å². The Balaban J connectivity index is 1.61. The minimum Gasteiger partial charge on any atom is -0.454 e. The number of carbonyl (C=O) groups excluding carboxylic acids is 1. The van der Waals surface area contributed by atoms with E-state index in [9.17, 15) is 4.79 Å². The Hall–Kier alpha value is -3.17. The average Bonchev–Trinajstić information content (AvgIpc) is 2.77. The molecule has 3 unspecified atom stereocenters. The van der Waals surface area contributed by atoms with E-state index in [1.54, 1.807) is 0 Å². The predicted octanol–water partition coefficient (Wildman–Crippen LogP) is 5.43. The monoisotopic (exact) mass is 383 g/mol. The van der Waals surface area contributed by atoms with Gasteiger partial charge in [-0.1, -0.05) is 103 Å². The molecule has 3 nitrogen and oxygen atoms in total. The second-order valence-corrected chi connectivity index (χ2v) is 7.35. The molecule has 0 aliphatic carbocycles. The average molecular weight is 383 g/mol. The normalized spacial score (nSPS) is 22.5. The maximum absolute atomic E-state index is 12.9. The molecule has 0 radical (unpaired) electrons. The third-order valence-corrected chi connectivity index (χ3v) is 5.47. The Bertz CT molecular complexity index is 954. The van der Waals surface area contributed by atoms with Crippen molar-refractivity contribution >= 4 is 12.0 Å². The maximum Gasteiger partial charge on any atom is 0.324 e. The van der Waals surface area contributed by atoms with E-state index in [1.165, 1.54) is 0 Å². The molecule has 3 heteroatoms. The van der Waals surface area contributed by atoms with Crippen molar-refractivity contribution in [2.45, 2.75) is 24.6 Å². The number of esters is 1. The van der Waals surface area contributed by atoms with E-state index >= 15 is 0 Å². The first kappa shape index (κ1) is 19.2. The fourth-order valence-corrected chi connectivity index (χ4v) is 3.95. The van der Waals surface area contributed by atoms with Gasteiger partial charge in [-0.2, -0.15) is 0 Å². The Kier molecular flexibility index (Phi) is 5.87. The van der Waals surface area contributed by atoms with Gasteiger partial charge in [0.15, 0.2) is 0 Å². The molecular formula is C26H25NO2. The van der Waals surface area contributed by atoms with Crippen LogP contribution in [0, 0.1) is 0 Å². The molecule has 3 aromatic rings. The fraction of sp³-hybridized carbons (Fsp3) is 0.192. The van der Waals surface area contributed by atoms with Crippen LogP contribution in [0.3, 0.4) is 0 Å². The number of benzene rings is 3. The van der Waals surface area contributed by atoms with Gasteiger partial charge in [-0.15, -0.1) is 0 Å². The molecule has 1 aliphatic heterocycles. The van der Waals surface area contributed by atoms with Crippen molar-refractivity contribution < 1.29 is 9.53 Å². The zero-order valence-electron chi connectivity index (χ0n) is 16.5. The molecule has 3 atom stereocenters. The van der Waals surface area contributed by atoms with Crippen LogP contribution in [0.2, 0.25) is 0 Å². The topological polar surface area (TPSA) is 29.5 Å². The van der Waals surface area contributed by atoms with Gasteiger partial charge in [0.1, 0.15) is 12.1 Å². The maximum atomic E-state index is 12.9. The van der Waals surface area contributed by atoms with Crippen molar-refractivity contribution in [3.63, 3.8) is 0 Å². The zero-order chi connectivity index (χ0) is 20.1. The molecule has 1 aliphatic rings. The highest BCUT2D eigenvalue weighted by Crippen LogP contribution is 2.41. The molecule has 0 aromatic heterocycles. The van der Waals surface area contributed by atoms with Gasteiger partial charge in [0, 0.05) is 0 Å². The molecular weight excluding hydrogens is 358 g/mol. The van der Waals surface area contributed by atoms with Gasteiger partial charge in [0.25, 0.3) is 0 Å². The van der Waals surface area contributed by atoms with Crippen molar-refractivity contribution in [2.24, 2.45) is 0 Å². The molecule has 146 valence electrons. The summed E-state index contributed by atoms with van der Waals surface area (Å²) in [6.45, 7) is 0. The molecule has 0 spiro atoms. The van der Waals surface area contributed by atoms with E-state index < -0.39 is 0 Å². The largest absolute Gasteiger partial charge is 0.454 e. The molecule has 0 bridgehead atoms. The summed E-state index contributed by atoms with van der Waals surface area (Å²) in [5, 5.41) is 0. The number of likely N-dealkylation sites (N-methyl/N-ethyl adjacent to an activating group) is 1. The first-order valence-electron chi connectivity index (χ1n) is 9.98. The highest BCUT2D eigenvalue weighted by atomic mass is 16.6. The lowest BCUT2D eigenvalue weighted by atomic mass is 9.91. The Labute approximate surface area is 172 Å². The van der Waals surface area contributed by atoms with E-state index in [4.69, 9.17) is 4.74 Å². The first-order chi connectivity index (χ1) is 14.2. The fourth-order valence-electron chi connectivity index (χ4n) is 3.95. The second kappa shape index (κ2) is 8.89. The molecule has 0 saturated carbocycles. The van der Waals surface area contributed by atoms with Gasteiger partial charge >= 0.3 is 5.97 Å². The lowest BCUT2D eigenvalue weighted by Crippen LogP contribution is -2.49. The number of cyclic esters (lactones) is 1. The van der Waals surface area contributed by atoms with Crippen LogP contribution in [0.1, 0.15) is 35.3 Å². The third kappa shape index (κ3) is 4.30. The quantitative estimate of drug-likeness (QED) is 0.550. The summed E-state index contributed by atoms with van der Waals surface area (Å²) < 4.78 is 6.01. The number of ether oxygens (including phenoxy) is 1. The summed E-state index contributed by atoms with van der Waals surface area (Å²) in [7, 11) is 2.02. The Morgan fingerprint density at radius 3 is 2.00 bits per heavy atom. The SMILES string of the molecule is CN1C(C/C=C/c2ccccc2)C(=O)OC(c2ccccc2)C1c1ccccc1. The smallest absolute Gasteiger partial charge is 0.324 e. The van der Waals surface area contributed by atoms with Crippen LogP contribution in [0.15, 0.2) is 97.1 Å². The lowest BCUT2D eigenvalue weighted by molar-refractivity contribution is -0.173. The van der Waals surface area contributed by atoms with Crippen LogP contribution < -0.4 is 0 Å². The Morgan fingerprint density at radius 1 is 0.828 bits per heavy atom. The number of hydrogen-bond acceptors (Lipinski definition) is 3. The van der Waals surface area contributed by atoms with Crippen LogP contribution >= 0.6 is 0 Å². The standard InChI is InChI=1S/C26H25NO2/c1-27-23(19-11-14-20-12-5-2-6-13-20)26(28)29-25(22-17-9-4-10-18-22)24(27)21-15-7-3-8-16-21/h2-18,23-25H,19H2,1H3/b14-11+. The zero-order valence-corrected chi connectivity index (χ0v) is 16.5. The van der Waals surface area contributed by atoms with E-state index in [0.717, 1.165) is 16.7 Å². The van der Waals surface area contributed by atoms with Crippen molar-refractivity contribution in [1.82, 2.24) is 4.90 Å². The summed E-state index contributed by atoms with van der Waals surface area (Å²) in [5.74, 6) is -0.175. The first-order valence-corrected chi connectivity index (χ1v) is 9.98. The van der Waals surface area contributed by atoms with Gasteiger partial charge < -0.3 is 4.74 Å². The number of nitrogens with zero attached hydrogens (tertiary/aromatic N) is 1. The molecule has 29 heavy (non-hydrogen) atoms. The lowest BCUT2D eigenvalue weighted by Gasteiger charge is -2.43. The van der Waals surface area contributed by atoms with E-state index in [0.29, 0.717) is 6.42 Å². The van der Waals surface area contributed by atoms with E-state index in [2.05, 4.69) is 41.3 Å². The van der Waals surface area contributed by atoms with Crippen LogP contribution in [0.5, 0.6) is 0 Å². The summed E-state index contributed by atoms with van der Waals surface area (Å²) >= 11 is 0. The van der Waals surface area contributed by atoms with Gasteiger partial charge in [-0.05, 0) is 30.2 Å². The minimum absolute atomic E-state index is 0.0357. The van der Waals surface area contributed by atoms with E-state index in [1.807, 2.05) is 73.8 Å². The van der Waals surface area contributed by atoms with Gasteiger partial charge in [-0.3, -0.25) is 9.69 Å². The van der Waals surface area contributed by atoms with E-state index in [-0.39, 0.29) is 24.2 Å². The second-order valence-electron chi connectivity index (χ2n) is 7.35. The predicted molar refractivity (Wildman–Crippen MR) is 116 cm³/mol. The van der Waals surface area contributed by atoms with Crippen molar-refractivity contribution in [2.75, 3.05) is 7.05 Å². The van der Waals surface area contributed by atoms with Crippen molar-refractivity contribution in [3.05, 3.63) is 114 Å². The van der Waals surface area contributed by atoms with Crippen LogP contribution in [-0.4, -0.2) is 24.0 Å². The highest BCUT2D eigenvalue weighted by Gasteiger charge is 2.42. The summed E-state index contributed by atoms with van der Waals surface area (Å²) in [6, 6.07) is 30.1. The summed E-state index contributed by atoms with van der Waals surface area (Å²) in [6.07, 6.45) is 4.39. The minimum atomic E-state index is -0.328. The molecule has 0 amide bonds. The summed E-state index contributed by atoms with van der Waals surface area (Å²) in [5.41, 5.74) is 3.29. The van der Waals surface area contributed by atoms with Crippen LogP contribution in [0.4, 0.5) is 0 Å². The molecule has 4 rings (SSSR count). The van der Waals surface area contributed by atoms with Gasteiger partial charge in [0.2, 0.25) is 0 Å².